The molecular weight excluding hydrogens is 449 g/mol. The van der Waals surface area contributed by atoms with E-state index < -0.39 is 19.9 Å². The Kier molecular flexibility index (Phi) is 10.3. The van der Waals surface area contributed by atoms with Gasteiger partial charge in [0.2, 0.25) is 0 Å². The molecule has 0 aromatic heterocycles. The van der Waals surface area contributed by atoms with E-state index in [4.69, 9.17) is 23.6 Å². The topological polar surface area (TPSA) is 112 Å². The van der Waals surface area contributed by atoms with E-state index in [1.54, 1.807) is 6.07 Å². The summed E-state index contributed by atoms with van der Waals surface area (Å²) in [6.45, 7) is 0.622. The Balaban J connectivity index is 1.71. The first-order valence-corrected chi connectivity index (χ1v) is 12.2. The molecule has 0 amide bonds. The van der Waals surface area contributed by atoms with Gasteiger partial charge in [-0.25, -0.2) is 4.57 Å². The second-order valence-electron chi connectivity index (χ2n) is 8.55. The Labute approximate surface area is 194 Å². The third-order valence-corrected chi connectivity index (χ3v) is 5.36. The molecule has 0 bridgehead atoms. The second kappa shape index (κ2) is 12.7. The molecule has 33 heavy (non-hydrogen) atoms. The monoisotopic (exact) mass is 482 g/mol. The van der Waals surface area contributed by atoms with Gasteiger partial charge in [0.25, 0.3) is 0 Å². The third kappa shape index (κ3) is 11.8. The van der Waals surface area contributed by atoms with Crippen molar-refractivity contribution in [2.45, 2.75) is 25.4 Å². The zero-order chi connectivity index (χ0) is 24.3. The first-order valence-electron chi connectivity index (χ1n) is 10.7. The zero-order valence-electron chi connectivity index (χ0n) is 19.3. The van der Waals surface area contributed by atoms with E-state index in [-0.39, 0.29) is 19.6 Å². The summed E-state index contributed by atoms with van der Waals surface area (Å²) in [7, 11) is 1.15. The van der Waals surface area contributed by atoms with Crippen LogP contribution in [-0.4, -0.2) is 67.5 Å². The molecule has 182 valence electrons. The number of rotatable bonds is 15. The van der Waals surface area contributed by atoms with Gasteiger partial charge in [0.05, 0.1) is 40.8 Å². The van der Waals surface area contributed by atoms with Crippen molar-refractivity contribution in [2.24, 2.45) is 0 Å². The van der Waals surface area contributed by atoms with Crippen LogP contribution in [0, 0.1) is 0 Å². The van der Waals surface area contributed by atoms with Crippen LogP contribution in [0.3, 0.4) is 0 Å². The van der Waals surface area contributed by atoms with Crippen molar-refractivity contribution < 1.29 is 42.4 Å². The number of hydrogen-bond donors (Lipinski definition) is 2. The Morgan fingerprint density at radius 1 is 0.970 bits per heavy atom. The van der Waals surface area contributed by atoms with E-state index in [2.05, 4.69) is 0 Å². The van der Waals surface area contributed by atoms with Crippen molar-refractivity contribution in [2.75, 3.05) is 40.9 Å². The molecule has 2 rings (SSSR count). The van der Waals surface area contributed by atoms with Gasteiger partial charge in [-0.1, -0.05) is 24.3 Å². The maximum Gasteiger partial charge on any atom is 0.472 e. The van der Waals surface area contributed by atoms with Crippen molar-refractivity contribution in [1.82, 2.24) is 0 Å². The highest BCUT2D eigenvalue weighted by molar-refractivity contribution is 7.47. The molecule has 2 aromatic carbocycles. The van der Waals surface area contributed by atoms with Crippen LogP contribution in [0.5, 0.6) is 17.2 Å². The standard InChI is InChI=1S/C23H32NO8P/c1-24(2,3)18-22(17-23(25)26)32-33(27,28)30-15-8-7-14-29-20-12-9-13-21(16-20)31-19-10-5-4-6-11-19/h4-6,9-13,16,22H,7-8,14-15,17-18H2,1-3H3,(H-,25,26,27,28)/p+1/t22-/m1/s1. The van der Waals surface area contributed by atoms with Crippen molar-refractivity contribution in [3.05, 3.63) is 54.6 Å². The summed E-state index contributed by atoms with van der Waals surface area (Å²) >= 11 is 0. The number of quaternary nitrogens is 1. The minimum Gasteiger partial charge on any atom is -0.493 e. The van der Waals surface area contributed by atoms with Crippen LogP contribution in [-0.2, 0) is 18.4 Å². The molecule has 9 nitrogen and oxygen atoms in total. The minimum absolute atomic E-state index is 0.0154. The van der Waals surface area contributed by atoms with E-state index in [9.17, 15) is 14.3 Å². The molecule has 0 saturated carbocycles. The van der Waals surface area contributed by atoms with E-state index in [1.165, 1.54) is 0 Å². The fraction of sp³-hybridized carbons (Fsp3) is 0.435. The van der Waals surface area contributed by atoms with Crippen molar-refractivity contribution >= 4 is 13.8 Å². The number of benzene rings is 2. The Morgan fingerprint density at radius 2 is 1.61 bits per heavy atom. The maximum atomic E-state index is 12.2. The fourth-order valence-electron chi connectivity index (χ4n) is 2.99. The summed E-state index contributed by atoms with van der Waals surface area (Å²) in [6.07, 6.45) is -0.273. The number of para-hydroxylation sites is 1. The van der Waals surface area contributed by atoms with Gasteiger partial charge in [0, 0.05) is 6.07 Å². The summed E-state index contributed by atoms with van der Waals surface area (Å²) in [5, 5.41) is 9.01. The smallest absolute Gasteiger partial charge is 0.472 e. The lowest BCUT2D eigenvalue weighted by atomic mass is 10.2. The number of carbonyl (C=O) groups is 1. The Bertz CT molecular complexity index is 916. The van der Waals surface area contributed by atoms with Crippen LogP contribution < -0.4 is 9.47 Å². The lowest BCUT2D eigenvalue weighted by Gasteiger charge is -2.29. The second-order valence-corrected chi connectivity index (χ2v) is 9.95. The lowest BCUT2D eigenvalue weighted by Crippen LogP contribution is -2.42. The molecule has 2 aromatic rings. The summed E-state index contributed by atoms with van der Waals surface area (Å²) < 4.78 is 34.2. The highest BCUT2D eigenvalue weighted by Gasteiger charge is 2.31. The number of phosphoric ester groups is 1. The van der Waals surface area contributed by atoms with Crippen LogP contribution in [0.4, 0.5) is 0 Å². The van der Waals surface area contributed by atoms with E-state index in [1.807, 2.05) is 69.7 Å². The number of likely N-dealkylation sites (N-methyl/N-ethyl adjacent to an activating group) is 1. The zero-order valence-corrected chi connectivity index (χ0v) is 20.1. The van der Waals surface area contributed by atoms with E-state index in [0.29, 0.717) is 35.4 Å². The molecular formula is C23H33NO8P+. The van der Waals surface area contributed by atoms with Crippen LogP contribution in [0.1, 0.15) is 19.3 Å². The summed E-state index contributed by atoms with van der Waals surface area (Å²) in [6, 6.07) is 16.7. The molecule has 0 spiro atoms. The van der Waals surface area contributed by atoms with Crippen LogP contribution in [0.15, 0.2) is 54.6 Å². The van der Waals surface area contributed by atoms with Crippen molar-refractivity contribution in [3.8, 4) is 17.2 Å². The molecule has 1 unspecified atom stereocenters. The molecule has 0 heterocycles. The van der Waals surface area contributed by atoms with Crippen LogP contribution in [0.25, 0.3) is 0 Å². The van der Waals surface area contributed by atoms with Gasteiger partial charge in [-0.05, 0) is 37.1 Å². The van der Waals surface area contributed by atoms with Gasteiger partial charge in [-0.2, -0.15) is 0 Å². The summed E-state index contributed by atoms with van der Waals surface area (Å²) in [5.74, 6) is 0.931. The van der Waals surface area contributed by atoms with Gasteiger partial charge < -0.3 is 24.0 Å². The lowest BCUT2D eigenvalue weighted by molar-refractivity contribution is -0.873. The number of carboxylic acids is 1. The maximum absolute atomic E-state index is 12.2. The Hall–Kier alpha value is -2.42. The summed E-state index contributed by atoms with van der Waals surface area (Å²) in [5.41, 5.74) is 0. The molecule has 10 heteroatoms. The van der Waals surface area contributed by atoms with Gasteiger partial charge in [0.15, 0.2) is 0 Å². The highest BCUT2D eigenvalue weighted by Crippen LogP contribution is 2.45. The number of hydrogen-bond acceptors (Lipinski definition) is 6. The first-order chi connectivity index (χ1) is 15.5. The van der Waals surface area contributed by atoms with Gasteiger partial charge in [-0.3, -0.25) is 13.8 Å². The average Bonchev–Trinajstić information content (AvgIpc) is 2.69. The quantitative estimate of drug-likeness (QED) is 0.219. The first kappa shape index (κ1) is 26.8. The number of nitrogens with zero attached hydrogens (tertiary/aromatic N) is 1. The van der Waals surface area contributed by atoms with Crippen molar-refractivity contribution in [3.63, 3.8) is 0 Å². The van der Waals surface area contributed by atoms with Crippen LogP contribution in [0.2, 0.25) is 0 Å². The molecule has 0 fully saturated rings. The fourth-order valence-corrected chi connectivity index (χ4v) is 3.92. The molecule has 2 atom stereocenters. The molecule has 0 aliphatic heterocycles. The van der Waals surface area contributed by atoms with Gasteiger partial charge >= 0.3 is 13.8 Å². The molecule has 0 radical (unpaired) electrons. The average molecular weight is 482 g/mol. The highest BCUT2D eigenvalue weighted by atomic mass is 31.2. The van der Waals surface area contributed by atoms with E-state index in [0.717, 1.165) is 5.75 Å². The predicted octanol–water partition coefficient (Wildman–Crippen LogP) is 4.32. The predicted molar refractivity (Wildman–Crippen MR) is 123 cm³/mol. The van der Waals surface area contributed by atoms with Crippen molar-refractivity contribution in [1.29, 1.82) is 0 Å². The third-order valence-electron chi connectivity index (χ3n) is 4.28. The number of unbranched alkanes of at least 4 members (excludes halogenated alkanes) is 1. The largest absolute Gasteiger partial charge is 0.493 e. The van der Waals surface area contributed by atoms with Gasteiger partial charge in [-0.15, -0.1) is 0 Å². The molecule has 0 saturated heterocycles. The number of ether oxygens (including phenoxy) is 2. The SMILES string of the molecule is C[N+](C)(C)C[C@@H](CC(=O)O)OP(=O)(O)OCCCCOc1cccc(Oc2ccccc2)c1. The molecule has 0 aliphatic carbocycles. The number of aliphatic carboxylic acids is 1. The normalized spacial score (nSPS) is 14.3. The van der Waals surface area contributed by atoms with Crippen LogP contribution >= 0.6 is 7.82 Å². The molecule has 2 N–H and O–H groups in total. The molecule has 0 aliphatic rings. The van der Waals surface area contributed by atoms with E-state index >= 15 is 0 Å². The minimum atomic E-state index is -4.37. The number of carboxylic acid groups (broad SMARTS) is 1. The Morgan fingerprint density at radius 3 is 2.27 bits per heavy atom. The van der Waals surface area contributed by atoms with Gasteiger partial charge in [0.1, 0.15) is 29.9 Å². The number of phosphoric acid groups is 1. The summed E-state index contributed by atoms with van der Waals surface area (Å²) in [4.78, 5) is 21.0.